The summed E-state index contributed by atoms with van der Waals surface area (Å²) in [6, 6.07) is 48.0. The predicted molar refractivity (Wildman–Crippen MR) is 223 cm³/mol. The van der Waals surface area contributed by atoms with Crippen LogP contribution >= 0.6 is 0 Å². The van der Waals surface area contributed by atoms with Crippen molar-refractivity contribution in [3.05, 3.63) is 188 Å². The molecule has 4 heteroatoms. The number of hydrogen-bond donors (Lipinski definition) is 0. The molecule has 54 heavy (non-hydrogen) atoms. The second kappa shape index (κ2) is 12.1. The fourth-order valence-electron chi connectivity index (χ4n) is 7.57. The van der Waals surface area contributed by atoms with Crippen molar-refractivity contribution in [2.45, 2.75) is 0 Å². The number of fused-ring (bicyclic) bond motifs is 7. The van der Waals surface area contributed by atoms with E-state index in [1.54, 1.807) is 0 Å². The van der Waals surface area contributed by atoms with Gasteiger partial charge < -0.3 is 8.98 Å². The summed E-state index contributed by atoms with van der Waals surface area (Å²) in [5.74, 6) is 0.400. The average Bonchev–Trinajstić information content (AvgIpc) is 3.84. The van der Waals surface area contributed by atoms with Crippen LogP contribution in [0.15, 0.2) is 192 Å². The largest absolute Gasteiger partial charge is 0.456 e. The van der Waals surface area contributed by atoms with Crippen LogP contribution in [0.3, 0.4) is 0 Å². The highest BCUT2D eigenvalue weighted by molar-refractivity contribution is 6.16. The fraction of sp³-hybridized carbons (Fsp3) is 0. The van der Waals surface area contributed by atoms with Crippen LogP contribution in [-0.4, -0.2) is 14.5 Å². The molecule has 0 unspecified atom stereocenters. The summed E-state index contributed by atoms with van der Waals surface area (Å²) < 4.78 is 63.7. The van der Waals surface area contributed by atoms with Gasteiger partial charge in [-0.15, -0.1) is 0 Å². The van der Waals surface area contributed by atoms with E-state index < -0.39 is 12.1 Å². The van der Waals surface area contributed by atoms with Crippen molar-refractivity contribution >= 4 is 54.5 Å². The summed E-state index contributed by atoms with van der Waals surface area (Å²) in [5.41, 5.74) is 6.58. The Balaban J connectivity index is 1.28. The van der Waals surface area contributed by atoms with Crippen LogP contribution in [0.5, 0.6) is 0 Å². The van der Waals surface area contributed by atoms with Crippen LogP contribution in [0, 0.1) is 0 Å². The van der Waals surface area contributed by atoms with Crippen molar-refractivity contribution in [3.8, 4) is 50.7 Å². The summed E-state index contributed by atoms with van der Waals surface area (Å²) in [7, 11) is 0. The van der Waals surface area contributed by atoms with Gasteiger partial charge in [0.05, 0.1) is 36.3 Å². The summed E-state index contributed by atoms with van der Waals surface area (Å²) in [6.45, 7) is 0. The molecule has 3 heterocycles. The summed E-state index contributed by atoms with van der Waals surface area (Å²) in [5, 5.41) is 4.24. The lowest BCUT2D eigenvalue weighted by Crippen LogP contribution is -1.98. The van der Waals surface area contributed by atoms with Gasteiger partial charge in [0.15, 0.2) is 5.82 Å². The van der Waals surface area contributed by atoms with Gasteiger partial charge >= 0.3 is 0 Å². The van der Waals surface area contributed by atoms with Crippen LogP contribution in [0.25, 0.3) is 105 Å². The van der Waals surface area contributed by atoms with E-state index >= 15 is 0 Å². The van der Waals surface area contributed by atoms with Gasteiger partial charge in [0.25, 0.3) is 0 Å². The zero-order chi connectivity index (χ0) is 40.8. The van der Waals surface area contributed by atoms with E-state index in [-0.39, 0.29) is 57.4 Å². The number of rotatable bonds is 5. The molecule has 0 amide bonds. The van der Waals surface area contributed by atoms with Crippen molar-refractivity contribution in [1.82, 2.24) is 14.5 Å². The highest BCUT2D eigenvalue weighted by Crippen LogP contribution is 2.42. The number of benzene rings is 8. The number of para-hydroxylation sites is 2. The molecule has 0 radical (unpaired) electrons. The highest BCUT2D eigenvalue weighted by atomic mass is 16.3. The molecule has 0 aliphatic carbocycles. The first-order chi connectivity index (χ1) is 29.3. The maximum atomic E-state index is 10.3. The van der Waals surface area contributed by atoms with Crippen molar-refractivity contribution in [1.29, 1.82) is 0 Å². The monoisotopic (exact) mass is 695 g/mol. The van der Waals surface area contributed by atoms with Crippen LogP contribution in [0.2, 0.25) is 0 Å². The molecule has 0 atom stereocenters. The molecule has 11 rings (SSSR count). The number of aromatic nitrogens is 3. The van der Waals surface area contributed by atoms with Gasteiger partial charge in [0.1, 0.15) is 11.2 Å². The standard InChI is InChI=1S/C50H31N3O/c1-3-13-32(14-4-1)33-23-25-34(26-24-33)43-31-44(52-50(51-43)35-15-5-2-6-16-35)42-29-38(30-48-49(42)40-20-10-12-22-47(40)54-48)53-45-21-11-9-19-39(45)41-27-36-17-7-8-18-37(36)28-46(41)53/h1-31H/i10D,12D,20D,22D,29D,30D. The number of furan rings is 1. The van der Waals surface area contributed by atoms with Gasteiger partial charge in [0.2, 0.25) is 0 Å². The Kier molecular flexibility index (Phi) is 5.58. The second-order valence-corrected chi connectivity index (χ2v) is 13.3. The van der Waals surface area contributed by atoms with Crippen molar-refractivity contribution in [3.63, 3.8) is 0 Å². The zero-order valence-corrected chi connectivity index (χ0v) is 28.7. The smallest absolute Gasteiger partial charge is 0.160 e. The lowest BCUT2D eigenvalue weighted by Gasteiger charge is -2.14. The van der Waals surface area contributed by atoms with Gasteiger partial charge in [0, 0.05) is 44.3 Å². The molecule has 8 aromatic carbocycles. The SMILES string of the molecule is [2H]c1c([2H])c([2H])c2c(oc3c([2H])c(-n4c5ccccc5c5cc6ccccc6cc54)c([2H])c(-c4cc(-c5ccc(-c6ccccc6)cc5)nc(-c5ccccc5)n4)c32)c1[2H]. The topological polar surface area (TPSA) is 43.9 Å². The highest BCUT2D eigenvalue weighted by Gasteiger charge is 2.21. The van der Waals surface area contributed by atoms with Gasteiger partial charge in [-0.05, 0) is 58.2 Å². The normalized spacial score (nSPS) is 13.3. The Labute approximate surface area is 319 Å². The van der Waals surface area contributed by atoms with Gasteiger partial charge in [-0.2, -0.15) is 0 Å². The van der Waals surface area contributed by atoms with Crippen LogP contribution in [0.4, 0.5) is 0 Å². The Hall–Kier alpha value is -7.30. The maximum absolute atomic E-state index is 10.3. The summed E-state index contributed by atoms with van der Waals surface area (Å²) in [4.78, 5) is 10.2. The molecular weight excluding hydrogens is 659 g/mol. The third-order valence-corrected chi connectivity index (χ3v) is 10.1. The molecule has 0 saturated heterocycles. The molecule has 11 aromatic rings. The van der Waals surface area contributed by atoms with Gasteiger partial charge in [-0.3, -0.25) is 0 Å². The molecule has 0 saturated carbocycles. The first-order valence-electron chi connectivity index (χ1n) is 20.8. The minimum absolute atomic E-state index is 0.0263. The van der Waals surface area contributed by atoms with E-state index in [1.165, 1.54) is 0 Å². The fourth-order valence-corrected chi connectivity index (χ4v) is 7.57. The molecule has 0 N–H and O–H groups in total. The van der Waals surface area contributed by atoms with E-state index in [0.717, 1.165) is 54.8 Å². The molecule has 0 fully saturated rings. The quantitative estimate of drug-likeness (QED) is 0.180. The molecule has 0 spiro atoms. The first kappa shape index (κ1) is 24.8. The van der Waals surface area contributed by atoms with Crippen molar-refractivity contribution in [2.24, 2.45) is 0 Å². The van der Waals surface area contributed by atoms with E-state index in [0.29, 0.717) is 17.2 Å². The molecular formula is C50H31N3O. The minimum Gasteiger partial charge on any atom is -0.456 e. The third-order valence-electron chi connectivity index (χ3n) is 10.1. The zero-order valence-electron chi connectivity index (χ0n) is 34.7. The van der Waals surface area contributed by atoms with Crippen LogP contribution in [-0.2, 0) is 0 Å². The van der Waals surface area contributed by atoms with E-state index in [9.17, 15) is 2.74 Å². The van der Waals surface area contributed by atoms with E-state index in [2.05, 4.69) is 30.3 Å². The summed E-state index contributed by atoms with van der Waals surface area (Å²) in [6.07, 6.45) is 0. The molecule has 0 bridgehead atoms. The Bertz CT molecular complexity index is 3550. The maximum Gasteiger partial charge on any atom is 0.160 e. The third kappa shape index (κ3) is 4.92. The number of hydrogen-bond acceptors (Lipinski definition) is 3. The minimum atomic E-state index is -0.449. The lowest BCUT2D eigenvalue weighted by molar-refractivity contribution is 0.668. The molecule has 252 valence electrons. The van der Waals surface area contributed by atoms with Crippen LogP contribution < -0.4 is 0 Å². The molecule has 0 aliphatic heterocycles. The first-order valence-corrected chi connectivity index (χ1v) is 17.8. The van der Waals surface area contributed by atoms with E-state index in [1.807, 2.05) is 126 Å². The van der Waals surface area contributed by atoms with Crippen LogP contribution in [0.1, 0.15) is 8.22 Å². The molecule has 0 aliphatic rings. The predicted octanol–water partition coefficient (Wildman–Crippen LogP) is 13.3. The molecule has 3 aromatic heterocycles. The van der Waals surface area contributed by atoms with Crippen molar-refractivity contribution < 1.29 is 12.6 Å². The Morgan fingerprint density at radius 3 is 1.94 bits per heavy atom. The van der Waals surface area contributed by atoms with E-state index in [4.69, 9.17) is 19.9 Å². The van der Waals surface area contributed by atoms with Crippen molar-refractivity contribution in [2.75, 3.05) is 0 Å². The van der Waals surface area contributed by atoms with Gasteiger partial charge in [-0.25, -0.2) is 9.97 Å². The Morgan fingerprint density at radius 1 is 0.481 bits per heavy atom. The van der Waals surface area contributed by atoms with Gasteiger partial charge in [-0.1, -0.05) is 146 Å². The molecule has 4 nitrogen and oxygen atoms in total. The Morgan fingerprint density at radius 2 is 1.13 bits per heavy atom. The lowest BCUT2D eigenvalue weighted by atomic mass is 9.99. The number of nitrogens with zero attached hydrogens (tertiary/aromatic N) is 3. The average molecular weight is 696 g/mol. The second-order valence-electron chi connectivity index (χ2n) is 13.3. The summed E-state index contributed by atoms with van der Waals surface area (Å²) >= 11 is 0.